The third kappa shape index (κ3) is 7.01. The molecule has 1 unspecified atom stereocenters. The molecule has 2 aliphatic heterocycles. The number of furan rings is 1. The van der Waals surface area contributed by atoms with Crippen molar-refractivity contribution in [1.29, 1.82) is 5.26 Å². The number of hydrogen-bond acceptors (Lipinski definition) is 10. The average molecular weight is 751 g/mol. The fourth-order valence-electron chi connectivity index (χ4n) is 8.89. The number of nitriles is 1. The number of anilines is 2. The summed E-state index contributed by atoms with van der Waals surface area (Å²) in [6.45, 7) is 8.30. The molecule has 2 saturated heterocycles. The molecule has 6 aromatic rings. The van der Waals surface area contributed by atoms with Crippen molar-refractivity contribution in [3.8, 4) is 28.5 Å². The highest BCUT2D eigenvalue weighted by molar-refractivity contribution is 7.97. The number of rotatable bonds is 9. The summed E-state index contributed by atoms with van der Waals surface area (Å²) < 4.78 is 8.91. The summed E-state index contributed by atoms with van der Waals surface area (Å²) in [6.07, 6.45) is 7.98. The number of fused-ring (bicyclic) bond motifs is 3. The summed E-state index contributed by atoms with van der Waals surface area (Å²) in [7, 11) is 0. The van der Waals surface area contributed by atoms with Gasteiger partial charge in [0.2, 0.25) is 0 Å². The molecule has 0 saturated carbocycles. The van der Waals surface area contributed by atoms with Crippen LogP contribution in [0.2, 0.25) is 0 Å². The van der Waals surface area contributed by atoms with E-state index in [0.29, 0.717) is 29.4 Å². The van der Waals surface area contributed by atoms with E-state index < -0.39 is 0 Å². The lowest BCUT2D eigenvalue weighted by atomic mass is 9.81. The van der Waals surface area contributed by atoms with Crippen LogP contribution in [0.25, 0.3) is 44.3 Å². The SMILES string of the molecule is Cc1c(Nc2nccc3cc(CN4CC[C@@H](O)C4)cnc23)cccc1-c1cccc(-c2cc3cc4c(c(C#N)c3o2)CCCC4CSN2CC[C@@H](O)C2)c1C. The second-order valence-electron chi connectivity index (χ2n) is 15.5. The van der Waals surface area contributed by atoms with Gasteiger partial charge in [0.15, 0.2) is 11.4 Å². The van der Waals surface area contributed by atoms with Gasteiger partial charge in [-0.15, -0.1) is 0 Å². The fourth-order valence-corrected chi connectivity index (χ4v) is 10.1. The van der Waals surface area contributed by atoms with Crippen molar-refractivity contribution in [2.75, 3.05) is 37.2 Å². The molecule has 10 heteroatoms. The van der Waals surface area contributed by atoms with Crippen LogP contribution in [-0.2, 0) is 13.0 Å². The van der Waals surface area contributed by atoms with Crippen LogP contribution in [0, 0.1) is 25.2 Å². The van der Waals surface area contributed by atoms with Crippen molar-refractivity contribution in [1.82, 2.24) is 19.2 Å². The molecule has 3 N–H and O–H groups in total. The van der Waals surface area contributed by atoms with Gasteiger partial charge in [0, 0.05) is 72.9 Å². The van der Waals surface area contributed by atoms with Gasteiger partial charge < -0.3 is 19.9 Å². The molecule has 1 aliphatic carbocycles. The Balaban J connectivity index is 1.00. The smallest absolute Gasteiger partial charge is 0.156 e. The van der Waals surface area contributed by atoms with E-state index in [2.05, 4.69) is 89.0 Å². The van der Waals surface area contributed by atoms with Gasteiger partial charge in [-0.25, -0.2) is 9.29 Å². The monoisotopic (exact) mass is 750 g/mol. The predicted molar refractivity (Wildman–Crippen MR) is 220 cm³/mol. The molecule has 9 rings (SSSR count). The molecule has 5 heterocycles. The molecule has 3 aliphatic rings. The Kier molecular flexibility index (Phi) is 9.83. The topological polar surface area (TPSA) is 122 Å². The fraction of sp³-hybridized carbons (Fsp3) is 0.356. The van der Waals surface area contributed by atoms with E-state index in [-0.39, 0.29) is 12.2 Å². The molecular formula is C45H46N6O3S. The van der Waals surface area contributed by atoms with Gasteiger partial charge in [0.1, 0.15) is 17.3 Å². The van der Waals surface area contributed by atoms with Crippen LogP contribution in [0.15, 0.2) is 77.5 Å². The van der Waals surface area contributed by atoms with E-state index in [1.54, 1.807) is 0 Å². The van der Waals surface area contributed by atoms with Crippen molar-refractivity contribution >= 4 is 45.3 Å². The van der Waals surface area contributed by atoms with Crippen molar-refractivity contribution in [3.63, 3.8) is 0 Å². The Labute approximate surface area is 326 Å². The van der Waals surface area contributed by atoms with Crippen molar-refractivity contribution < 1.29 is 14.6 Å². The van der Waals surface area contributed by atoms with Crippen LogP contribution in [0.5, 0.6) is 0 Å². The van der Waals surface area contributed by atoms with Crippen LogP contribution in [-0.4, -0.2) is 73.5 Å². The third-order valence-electron chi connectivity index (χ3n) is 11.9. The quantitative estimate of drug-likeness (QED) is 0.124. The second kappa shape index (κ2) is 15.1. The maximum absolute atomic E-state index is 10.5. The number of aliphatic hydroxyl groups excluding tert-OH is 2. The van der Waals surface area contributed by atoms with Crippen LogP contribution in [0.3, 0.4) is 0 Å². The minimum atomic E-state index is -0.243. The van der Waals surface area contributed by atoms with Gasteiger partial charge >= 0.3 is 0 Å². The number of likely N-dealkylation sites (tertiary alicyclic amines) is 1. The van der Waals surface area contributed by atoms with Crippen LogP contribution < -0.4 is 5.32 Å². The Morgan fingerprint density at radius 2 is 1.71 bits per heavy atom. The lowest BCUT2D eigenvalue weighted by Gasteiger charge is -2.27. The normalized spacial score (nSPS) is 20.3. The number of benzene rings is 3. The van der Waals surface area contributed by atoms with Crippen molar-refractivity contribution in [2.45, 2.75) is 70.6 Å². The highest BCUT2D eigenvalue weighted by Gasteiger charge is 2.29. The number of nitrogens with zero attached hydrogens (tertiary/aromatic N) is 5. The first-order chi connectivity index (χ1) is 26.8. The number of aliphatic hydroxyl groups is 2. The Bertz CT molecular complexity index is 2460. The summed E-state index contributed by atoms with van der Waals surface area (Å²) in [4.78, 5) is 11.8. The van der Waals surface area contributed by atoms with E-state index >= 15 is 0 Å². The molecule has 55 heavy (non-hydrogen) atoms. The van der Waals surface area contributed by atoms with Gasteiger partial charge in [-0.05, 0) is 121 Å². The summed E-state index contributed by atoms with van der Waals surface area (Å²) in [5, 5.41) is 36.0. The standard InChI is InChI=1S/C45H46N6O3S/c1-27-35(36-8-5-11-41(28(36)2)49-45-43-30(12-15-47-45)18-29(22-48-43)23-50-16-13-33(52)24-50)7-4-9-37(27)42-20-32-19-39-31(26-55-51-17-14-34(53)25-51)6-3-10-38(39)40(21-46)44(32)54-42/h4-5,7-9,11-12,15,18-20,22,31,33-34,52-53H,3,6,10,13-14,16-17,23-26H2,1-2H3,(H,47,49)/t31?,33-,34-/m1/s1. The zero-order valence-corrected chi connectivity index (χ0v) is 32.2. The van der Waals surface area contributed by atoms with E-state index in [4.69, 9.17) is 14.4 Å². The maximum Gasteiger partial charge on any atom is 0.156 e. The lowest BCUT2D eigenvalue weighted by molar-refractivity contribution is 0.175. The Hall–Kier alpha value is -4.76. The van der Waals surface area contributed by atoms with E-state index in [1.165, 1.54) is 5.56 Å². The first-order valence-electron chi connectivity index (χ1n) is 19.5. The lowest BCUT2D eigenvalue weighted by Crippen LogP contribution is -2.21. The molecular weight excluding hydrogens is 705 g/mol. The molecule has 0 bridgehead atoms. The molecule has 3 atom stereocenters. The second-order valence-corrected chi connectivity index (χ2v) is 16.6. The van der Waals surface area contributed by atoms with Gasteiger partial charge in [-0.2, -0.15) is 5.26 Å². The van der Waals surface area contributed by atoms with Crippen molar-refractivity contribution in [3.05, 3.63) is 106 Å². The van der Waals surface area contributed by atoms with E-state index in [0.717, 1.165) is 131 Å². The highest BCUT2D eigenvalue weighted by atomic mass is 32.2. The molecule has 0 spiro atoms. The number of hydrogen-bond donors (Lipinski definition) is 3. The summed E-state index contributed by atoms with van der Waals surface area (Å²) in [5.41, 5.74) is 12.1. The maximum atomic E-state index is 10.5. The zero-order chi connectivity index (χ0) is 37.6. The first-order valence-corrected chi connectivity index (χ1v) is 20.4. The highest BCUT2D eigenvalue weighted by Crippen LogP contribution is 2.43. The summed E-state index contributed by atoms with van der Waals surface area (Å²) >= 11 is 1.84. The van der Waals surface area contributed by atoms with Gasteiger partial charge in [0.05, 0.1) is 17.8 Å². The summed E-state index contributed by atoms with van der Waals surface area (Å²) in [6, 6.07) is 23.7. The average Bonchev–Trinajstić information content (AvgIpc) is 3.93. The Morgan fingerprint density at radius 3 is 2.51 bits per heavy atom. The number of nitrogens with one attached hydrogen (secondary N) is 1. The van der Waals surface area contributed by atoms with Crippen LogP contribution in [0.1, 0.15) is 65.0 Å². The molecule has 0 radical (unpaired) electrons. The molecule has 9 nitrogen and oxygen atoms in total. The number of aromatic nitrogens is 2. The molecule has 3 aromatic heterocycles. The molecule has 280 valence electrons. The van der Waals surface area contributed by atoms with Crippen molar-refractivity contribution in [2.24, 2.45) is 0 Å². The Morgan fingerprint density at radius 1 is 0.909 bits per heavy atom. The van der Waals surface area contributed by atoms with Gasteiger partial charge in [0.25, 0.3) is 0 Å². The summed E-state index contributed by atoms with van der Waals surface area (Å²) in [5.74, 6) is 2.79. The minimum Gasteiger partial charge on any atom is -0.455 e. The largest absolute Gasteiger partial charge is 0.455 e. The first kappa shape index (κ1) is 35.9. The zero-order valence-electron chi connectivity index (χ0n) is 31.4. The third-order valence-corrected chi connectivity index (χ3v) is 13.1. The number of pyridine rings is 2. The van der Waals surface area contributed by atoms with Gasteiger partial charge in [-0.3, -0.25) is 9.88 Å². The van der Waals surface area contributed by atoms with Crippen LogP contribution >= 0.6 is 11.9 Å². The van der Waals surface area contributed by atoms with E-state index in [1.807, 2.05) is 30.4 Å². The molecule has 2 fully saturated rings. The van der Waals surface area contributed by atoms with Gasteiger partial charge in [-0.1, -0.05) is 42.3 Å². The van der Waals surface area contributed by atoms with Crippen LogP contribution in [0.4, 0.5) is 11.5 Å². The number of β-amino-alcohol motifs (C(OH)–C–C–N with tert-alkyl or cyclic N) is 2. The molecule has 0 amide bonds. The molecule has 3 aromatic carbocycles. The van der Waals surface area contributed by atoms with E-state index in [9.17, 15) is 15.5 Å². The predicted octanol–water partition coefficient (Wildman–Crippen LogP) is 8.64. The minimum absolute atomic E-state index is 0.228.